The van der Waals surface area contributed by atoms with E-state index in [-0.39, 0.29) is 28.8 Å². The number of aromatic nitrogens is 2. The number of hydrogen-bond acceptors (Lipinski definition) is 6. The molecule has 2 aromatic heterocycles. The lowest BCUT2D eigenvalue weighted by Crippen LogP contribution is -2.16. The van der Waals surface area contributed by atoms with E-state index in [1.807, 2.05) is 0 Å². The molecule has 0 saturated heterocycles. The number of carbonyl (C=O) groups is 1. The third kappa shape index (κ3) is 4.17. The van der Waals surface area contributed by atoms with Crippen LogP contribution in [0.4, 0.5) is 23.2 Å². The van der Waals surface area contributed by atoms with Gasteiger partial charge in [-0.1, -0.05) is 0 Å². The standard InChI is InChI=1S/C21H13F4N3O4/c1-30-16-7-5-12(21(23,24)25)10-13(16)18(29)26-15-9-11(4-6-14(15)22)19-27-28-20(32-19)17-3-2-8-31-17/h2-10H,1H3,(H,26,29). The first-order valence-corrected chi connectivity index (χ1v) is 9.00. The zero-order chi connectivity index (χ0) is 22.9. The van der Waals surface area contributed by atoms with Crippen molar-refractivity contribution in [3.05, 3.63) is 71.7 Å². The van der Waals surface area contributed by atoms with Gasteiger partial charge in [-0.2, -0.15) is 13.2 Å². The van der Waals surface area contributed by atoms with Gasteiger partial charge in [-0.05, 0) is 48.5 Å². The van der Waals surface area contributed by atoms with Crippen LogP contribution in [0.5, 0.6) is 5.75 Å². The summed E-state index contributed by atoms with van der Waals surface area (Å²) >= 11 is 0. The molecule has 1 amide bonds. The van der Waals surface area contributed by atoms with Crippen molar-refractivity contribution in [3.63, 3.8) is 0 Å². The van der Waals surface area contributed by atoms with Crippen molar-refractivity contribution in [1.29, 1.82) is 0 Å². The van der Waals surface area contributed by atoms with Gasteiger partial charge in [0.15, 0.2) is 5.76 Å². The van der Waals surface area contributed by atoms with E-state index in [1.54, 1.807) is 12.1 Å². The van der Waals surface area contributed by atoms with Gasteiger partial charge in [0.1, 0.15) is 11.6 Å². The molecule has 4 rings (SSSR count). The van der Waals surface area contributed by atoms with Crippen molar-refractivity contribution < 1.29 is 35.9 Å². The molecular formula is C21H13F4N3O4. The van der Waals surface area contributed by atoms with Crippen molar-refractivity contribution >= 4 is 11.6 Å². The number of methoxy groups -OCH3 is 1. The molecule has 11 heteroatoms. The molecule has 0 saturated carbocycles. The number of amides is 1. The fourth-order valence-corrected chi connectivity index (χ4v) is 2.85. The number of hydrogen-bond donors (Lipinski definition) is 1. The van der Waals surface area contributed by atoms with Crippen LogP contribution >= 0.6 is 0 Å². The van der Waals surface area contributed by atoms with Gasteiger partial charge in [0.25, 0.3) is 11.8 Å². The second kappa shape index (κ2) is 8.17. The van der Waals surface area contributed by atoms with Crippen LogP contribution < -0.4 is 10.1 Å². The van der Waals surface area contributed by atoms with Crippen LogP contribution in [0.1, 0.15) is 15.9 Å². The Morgan fingerprint density at radius 1 is 1.06 bits per heavy atom. The van der Waals surface area contributed by atoms with Crippen LogP contribution in [0.2, 0.25) is 0 Å². The molecule has 0 unspecified atom stereocenters. The van der Waals surface area contributed by atoms with Crippen LogP contribution in [0, 0.1) is 5.82 Å². The zero-order valence-electron chi connectivity index (χ0n) is 16.2. The lowest BCUT2D eigenvalue weighted by molar-refractivity contribution is -0.137. The molecule has 0 aliphatic rings. The highest BCUT2D eigenvalue weighted by molar-refractivity contribution is 6.06. The van der Waals surface area contributed by atoms with Gasteiger partial charge in [-0.25, -0.2) is 4.39 Å². The molecule has 0 aliphatic carbocycles. The van der Waals surface area contributed by atoms with Crippen LogP contribution in [0.3, 0.4) is 0 Å². The van der Waals surface area contributed by atoms with Gasteiger partial charge in [0.05, 0.1) is 30.2 Å². The Morgan fingerprint density at radius 2 is 1.84 bits per heavy atom. The Kier molecular flexibility index (Phi) is 5.39. The van der Waals surface area contributed by atoms with Crippen molar-refractivity contribution in [2.75, 3.05) is 12.4 Å². The van der Waals surface area contributed by atoms with Crippen molar-refractivity contribution in [1.82, 2.24) is 10.2 Å². The molecule has 2 heterocycles. The number of halogens is 4. The van der Waals surface area contributed by atoms with Crippen LogP contribution in [0.15, 0.2) is 63.6 Å². The number of nitrogens with zero attached hydrogens (tertiary/aromatic N) is 2. The first-order chi connectivity index (χ1) is 15.3. The maximum Gasteiger partial charge on any atom is 0.416 e. The van der Waals surface area contributed by atoms with Gasteiger partial charge < -0.3 is 18.9 Å². The highest BCUT2D eigenvalue weighted by Crippen LogP contribution is 2.33. The van der Waals surface area contributed by atoms with Crippen molar-refractivity contribution in [3.8, 4) is 28.9 Å². The molecule has 0 bridgehead atoms. The minimum absolute atomic E-state index is 0.0172. The topological polar surface area (TPSA) is 90.4 Å². The Bertz CT molecular complexity index is 1270. The first kappa shape index (κ1) is 21.1. The molecule has 0 atom stereocenters. The number of nitrogens with one attached hydrogen (secondary N) is 1. The number of alkyl halides is 3. The molecule has 1 N–H and O–H groups in total. The summed E-state index contributed by atoms with van der Waals surface area (Å²) in [6.07, 6.45) is -3.25. The minimum atomic E-state index is -4.67. The predicted molar refractivity (Wildman–Crippen MR) is 103 cm³/mol. The van der Waals surface area contributed by atoms with Gasteiger partial charge in [-0.3, -0.25) is 4.79 Å². The molecule has 0 spiro atoms. The maximum atomic E-state index is 14.3. The highest BCUT2D eigenvalue weighted by Gasteiger charge is 2.32. The van der Waals surface area contributed by atoms with E-state index >= 15 is 0 Å². The largest absolute Gasteiger partial charge is 0.496 e. The lowest BCUT2D eigenvalue weighted by atomic mass is 10.1. The van der Waals surface area contributed by atoms with E-state index in [1.165, 1.54) is 25.5 Å². The first-order valence-electron chi connectivity index (χ1n) is 9.00. The quantitative estimate of drug-likeness (QED) is 0.411. The number of carbonyl (C=O) groups excluding carboxylic acids is 1. The normalized spacial score (nSPS) is 11.4. The van der Waals surface area contributed by atoms with Crippen LogP contribution in [-0.2, 0) is 6.18 Å². The Hall–Kier alpha value is -4.15. The van der Waals surface area contributed by atoms with Crippen LogP contribution in [0.25, 0.3) is 23.1 Å². The van der Waals surface area contributed by atoms with E-state index in [4.69, 9.17) is 13.6 Å². The fraction of sp³-hybridized carbons (Fsp3) is 0.0952. The second-order valence-corrected chi connectivity index (χ2v) is 6.45. The second-order valence-electron chi connectivity index (χ2n) is 6.45. The van der Waals surface area contributed by atoms with Gasteiger partial charge in [-0.15, -0.1) is 10.2 Å². The summed E-state index contributed by atoms with van der Waals surface area (Å²) in [6, 6.07) is 9.27. The Balaban J connectivity index is 1.64. The molecule has 164 valence electrons. The smallest absolute Gasteiger partial charge is 0.416 e. The third-order valence-electron chi connectivity index (χ3n) is 4.39. The molecule has 4 aromatic rings. The molecule has 0 aliphatic heterocycles. The van der Waals surface area contributed by atoms with E-state index in [0.29, 0.717) is 11.8 Å². The predicted octanol–water partition coefficient (Wildman–Crippen LogP) is 5.42. The molecule has 0 fully saturated rings. The summed E-state index contributed by atoms with van der Waals surface area (Å²) in [5.41, 5.74) is -1.49. The summed E-state index contributed by atoms with van der Waals surface area (Å²) in [4.78, 5) is 12.6. The zero-order valence-corrected chi connectivity index (χ0v) is 16.2. The molecule has 32 heavy (non-hydrogen) atoms. The Labute approximate surface area is 177 Å². The van der Waals surface area contributed by atoms with Crippen molar-refractivity contribution in [2.24, 2.45) is 0 Å². The maximum absolute atomic E-state index is 14.3. The Morgan fingerprint density at radius 3 is 2.53 bits per heavy atom. The van der Waals surface area contributed by atoms with Crippen molar-refractivity contribution in [2.45, 2.75) is 6.18 Å². The van der Waals surface area contributed by atoms with Gasteiger partial charge >= 0.3 is 6.18 Å². The van der Waals surface area contributed by atoms with Crippen LogP contribution in [-0.4, -0.2) is 23.2 Å². The lowest BCUT2D eigenvalue weighted by Gasteiger charge is -2.13. The van der Waals surface area contributed by atoms with E-state index in [9.17, 15) is 22.4 Å². The number of furan rings is 1. The highest BCUT2D eigenvalue weighted by atomic mass is 19.4. The van der Waals surface area contributed by atoms with E-state index in [2.05, 4.69) is 15.5 Å². The number of benzene rings is 2. The summed E-state index contributed by atoms with van der Waals surface area (Å²) in [6.45, 7) is 0. The summed E-state index contributed by atoms with van der Waals surface area (Å²) in [7, 11) is 1.20. The minimum Gasteiger partial charge on any atom is -0.496 e. The molecule has 0 radical (unpaired) electrons. The monoisotopic (exact) mass is 447 g/mol. The summed E-state index contributed by atoms with van der Waals surface area (Å²) in [5.74, 6) is -1.48. The van der Waals surface area contributed by atoms with Gasteiger partial charge in [0.2, 0.25) is 5.89 Å². The number of anilines is 1. The van der Waals surface area contributed by atoms with Gasteiger partial charge in [0, 0.05) is 5.56 Å². The molecule has 7 nitrogen and oxygen atoms in total. The average molecular weight is 447 g/mol. The third-order valence-corrected chi connectivity index (χ3v) is 4.39. The van der Waals surface area contributed by atoms with E-state index in [0.717, 1.165) is 18.2 Å². The number of rotatable bonds is 5. The molecular weight excluding hydrogens is 434 g/mol. The number of ether oxygens (including phenoxy) is 1. The average Bonchev–Trinajstić information content (AvgIpc) is 3.46. The fourth-order valence-electron chi connectivity index (χ4n) is 2.85. The van der Waals surface area contributed by atoms with E-state index < -0.39 is 29.0 Å². The summed E-state index contributed by atoms with van der Waals surface area (Å²) in [5, 5.41) is 9.95. The SMILES string of the molecule is COc1ccc(C(F)(F)F)cc1C(=O)Nc1cc(-c2nnc(-c3ccco3)o2)ccc1F. The summed E-state index contributed by atoms with van der Waals surface area (Å²) < 4.78 is 69.1. The molecule has 2 aromatic carbocycles.